The molecular formula is C70H83N3O2S3. The van der Waals surface area contributed by atoms with E-state index >= 15 is 0 Å². The fourth-order valence-corrected chi connectivity index (χ4v) is 12.3. The molecule has 78 heavy (non-hydrogen) atoms. The average Bonchev–Trinajstić information content (AvgIpc) is 4.23. The highest BCUT2D eigenvalue weighted by Crippen LogP contribution is 2.36. The van der Waals surface area contributed by atoms with E-state index in [-0.39, 0.29) is 32.5 Å². The molecule has 0 aliphatic carbocycles. The molecule has 1 aliphatic heterocycles. The van der Waals surface area contributed by atoms with Gasteiger partial charge in [-0.15, -0.1) is 22.7 Å². The minimum atomic E-state index is 0.144. The summed E-state index contributed by atoms with van der Waals surface area (Å²) in [4.78, 5) is 4.30. The smallest absolute Gasteiger partial charge is 0.167 e. The van der Waals surface area contributed by atoms with Crippen LogP contribution in [0.25, 0.3) is 52.9 Å². The van der Waals surface area contributed by atoms with Crippen molar-refractivity contribution in [2.45, 2.75) is 164 Å². The van der Waals surface area contributed by atoms with Crippen molar-refractivity contribution >= 4 is 93.1 Å². The van der Waals surface area contributed by atoms with Crippen LogP contribution in [0.5, 0.6) is 0 Å². The van der Waals surface area contributed by atoms with Crippen molar-refractivity contribution in [1.82, 2.24) is 10.3 Å². The molecule has 0 saturated carbocycles. The van der Waals surface area contributed by atoms with Crippen molar-refractivity contribution in [3.63, 3.8) is 0 Å². The molecule has 0 spiro atoms. The van der Waals surface area contributed by atoms with Crippen LogP contribution < -0.4 is 0 Å². The number of hydrogen-bond acceptors (Lipinski definition) is 8. The molecule has 0 fully saturated rings. The van der Waals surface area contributed by atoms with Crippen LogP contribution in [0.1, 0.15) is 169 Å². The van der Waals surface area contributed by atoms with Crippen molar-refractivity contribution in [2.24, 2.45) is 4.99 Å². The molecule has 0 bridgehead atoms. The molecule has 0 atom stereocenters. The van der Waals surface area contributed by atoms with Crippen molar-refractivity contribution < 1.29 is 9.05 Å². The van der Waals surface area contributed by atoms with Gasteiger partial charge >= 0.3 is 0 Å². The van der Waals surface area contributed by atoms with E-state index in [0.29, 0.717) is 0 Å². The van der Waals surface area contributed by atoms with E-state index in [9.17, 15) is 0 Å². The molecule has 5 nitrogen and oxygen atoms in total. The third kappa shape index (κ3) is 14.9. The highest BCUT2D eigenvalue weighted by Gasteiger charge is 2.22. The Labute approximate surface area is 477 Å². The summed E-state index contributed by atoms with van der Waals surface area (Å²) in [6, 6.07) is 42.9. The predicted octanol–water partition coefficient (Wildman–Crippen LogP) is 21.8. The average molecular weight is 1090 g/mol. The van der Waals surface area contributed by atoms with Crippen molar-refractivity contribution in [1.29, 1.82) is 0 Å². The summed E-state index contributed by atoms with van der Waals surface area (Å²) in [5, 5.41) is 24.1. The molecule has 5 aromatic heterocycles. The van der Waals surface area contributed by atoms with Crippen LogP contribution in [0, 0.1) is 0 Å². The molecule has 1 aliphatic rings. The minimum absolute atomic E-state index is 0.144. The first-order valence-electron chi connectivity index (χ1n) is 27.2. The molecule has 6 aromatic carbocycles. The maximum Gasteiger partial charge on any atom is 0.167 e. The number of nitrogens with zero attached hydrogens (tertiary/aromatic N) is 3. The molecule has 0 unspecified atom stereocenters. The second kappa shape index (κ2) is 24.0. The molecule has 6 heterocycles. The minimum Gasteiger partial charge on any atom is -0.356 e. The molecular weight excluding hydrogens is 1010 g/mol. The number of thiophene rings is 3. The van der Waals surface area contributed by atoms with E-state index in [4.69, 9.17) is 9.05 Å². The lowest BCUT2D eigenvalue weighted by atomic mass is 9.83. The van der Waals surface area contributed by atoms with Crippen molar-refractivity contribution in [3.8, 4) is 0 Å². The van der Waals surface area contributed by atoms with Gasteiger partial charge in [-0.25, -0.2) is 0 Å². The molecule has 408 valence electrons. The van der Waals surface area contributed by atoms with Gasteiger partial charge in [-0.05, 0) is 151 Å². The number of fused-ring (bicyclic) bond motifs is 6. The quantitative estimate of drug-likeness (QED) is 0.152. The van der Waals surface area contributed by atoms with Gasteiger partial charge in [0, 0.05) is 32.0 Å². The standard InChI is InChI=1S/C12H15N.3C12H14S.2C11H13NO/c2*1-12(2,3)11-6-4-5-9-7-13-8-10(9)11;1-12(2,3)10-5-4-6-11-9(10)7-8-13-11;1-12(2,3)10-6-4-5-9-7-8-13-11(9)10;1-11(2,3)9-5-4-8-7-12-13-10(8)6-9;1-11(2,3)9-5-4-6-10-8(9)7-12-13-10/h4-6,8H,7H2,1-3H3;3*4-8H,1-3H3;2*4-7H,1-3H3. The number of hydrogen-bond donors (Lipinski definition) is 0. The van der Waals surface area contributed by atoms with Gasteiger partial charge in [0.15, 0.2) is 11.2 Å². The van der Waals surface area contributed by atoms with Crippen LogP contribution in [0.2, 0.25) is 0 Å². The molecule has 0 amide bonds. The lowest BCUT2D eigenvalue weighted by molar-refractivity contribution is 0.455. The fourth-order valence-electron chi connectivity index (χ4n) is 9.54. The SMILES string of the molecule is CC(C)(C)c1ccc2cnoc2c1.CC(C)(C)c1cccc2c1C=NC2.CC(C)(C)c1cccc2ccsc12.CC(C)(C)c1cccc2cscc12.CC(C)(C)c1cccc2oncc12.CC(C)(C)c1cccc2sccc12. The van der Waals surface area contributed by atoms with E-state index < -0.39 is 0 Å². The normalized spacial score (nSPS) is 12.6. The number of rotatable bonds is 0. The first kappa shape index (κ1) is 59.5. The summed E-state index contributed by atoms with van der Waals surface area (Å²) in [5.74, 6) is 0. The van der Waals surface area contributed by atoms with Gasteiger partial charge in [0.25, 0.3) is 0 Å². The van der Waals surface area contributed by atoms with Crippen LogP contribution >= 0.6 is 34.0 Å². The van der Waals surface area contributed by atoms with Crippen molar-refractivity contribution in [2.75, 3.05) is 0 Å². The second-order valence-electron chi connectivity index (χ2n) is 26.4. The third-order valence-electron chi connectivity index (χ3n) is 13.8. The number of aliphatic imine (C=N–C) groups is 1. The summed E-state index contributed by atoms with van der Waals surface area (Å²) in [6.45, 7) is 41.1. The topological polar surface area (TPSA) is 64.4 Å². The van der Waals surface area contributed by atoms with Crippen LogP contribution in [-0.2, 0) is 39.0 Å². The fraction of sp³-hybridized carbons (Fsp3) is 0.357. The van der Waals surface area contributed by atoms with Gasteiger partial charge in [-0.2, -0.15) is 11.3 Å². The van der Waals surface area contributed by atoms with Crippen molar-refractivity contribution in [3.05, 3.63) is 200 Å². The Morgan fingerprint density at radius 1 is 0.410 bits per heavy atom. The zero-order chi connectivity index (χ0) is 56.8. The Morgan fingerprint density at radius 3 is 1.60 bits per heavy atom. The van der Waals surface area contributed by atoms with Gasteiger partial charge in [0.2, 0.25) is 0 Å². The van der Waals surface area contributed by atoms with E-state index in [1.165, 1.54) is 75.5 Å². The van der Waals surface area contributed by atoms with Crippen LogP contribution in [0.3, 0.4) is 0 Å². The molecule has 8 heteroatoms. The van der Waals surface area contributed by atoms with Crippen LogP contribution in [0.15, 0.2) is 169 Å². The third-order valence-corrected chi connectivity index (χ3v) is 16.4. The van der Waals surface area contributed by atoms with Gasteiger partial charge in [-0.3, -0.25) is 4.99 Å². The Balaban J connectivity index is 0.000000136. The summed E-state index contributed by atoms with van der Waals surface area (Å²) in [5.41, 5.74) is 14.1. The molecule has 0 saturated heterocycles. The monoisotopic (exact) mass is 1090 g/mol. The Kier molecular flexibility index (Phi) is 18.3. The van der Waals surface area contributed by atoms with Crippen LogP contribution in [0.4, 0.5) is 0 Å². The highest BCUT2D eigenvalue weighted by atomic mass is 32.1. The summed E-state index contributed by atoms with van der Waals surface area (Å²) in [7, 11) is 0. The molecule has 0 N–H and O–H groups in total. The Bertz CT molecular complexity index is 3400. The first-order chi connectivity index (χ1) is 36.5. The summed E-state index contributed by atoms with van der Waals surface area (Å²) >= 11 is 5.44. The van der Waals surface area contributed by atoms with Crippen LogP contribution in [-0.4, -0.2) is 16.5 Å². The summed E-state index contributed by atoms with van der Waals surface area (Å²) < 4.78 is 13.0. The van der Waals surface area contributed by atoms with E-state index in [2.05, 4.69) is 265 Å². The molecule has 11 aromatic rings. The molecule has 12 rings (SSSR count). The summed E-state index contributed by atoms with van der Waals surface area (Å²) in [6.07, 6.45) is 5.54. The number of benzene rings is 6. The van der Waals surface area contributed by atoms with E-state index in [1.54, 1.807) is 23.7 Å². The van der Waals surface area contributed by atoms with Gasteiger partial charge in [0.1, 0.15) is 0 Å². The maximum absolute atomic E-state index is 5.10. The lowest BCUT2D eigenvalue weighted by Gasteiger charge is -2.21. The first-order valence-corrected chi connectivity index (χ1v) is 29.9. The molecule has 0 radical (unpaired) electrons. The highest BCUT2D eigenvalue weighted by molar-refractivity contribution is 7.17. The van der Waals surface area contributed by atoms with Gasteiger partial charge < -0.3 is 9.05 Å². The second-order valence-corrected chi connectivity index (χ2v) is 29.0. The number of aromatic nitrogens is 2. The van der Waals surface area contributed by atoms with E-state index in [0.717, 1.165) is 28.5 Å². The zero-order valence-electron chi connectivity index (χ0n) is 49.7. The van der Waals surface area contributed by atoms with E-state index in [1.807, 2.05) is 47.1 Å². The predicted molar refractivity (Wildman–Crippen MR) is 343 cm³/mol. The largest absolute Gasteiger partial charge is 0.356 e. The lowest BCUT2D eigenvalue weighted by Crippen LogP contribution is -2.14. The maximum atomic E-state index is 5.10. The zero-order valence-corrected chi connectivity index (χ0v) is 52.1. The Hall–Kier alpha value is -6.19. The van der Waals surface area contributed by atoms with Gasteiger partial charge in [-0.1, -0.05) is 220 Å². The van der Waals surface area contributed by atoms with Gasteiger partial charge in [0.05, 0.1) is 18.9 Å². The Morgan fingerprint density at radius 2 is 0.949 bits per heavy atom.